The van der Waals surface area contributed by atoms with Crippen LogP contribution in [0, 0.1) is 0 Å². The number of furan rings is 1. The molecule has 3 heterocycles. The third-order valence-corrected chi connectivity index (χ3v) is 8.45. The molecule has 1 aliphatic heterocycles. The number of H-pyrrole nitrogens is 1. The molecule has 0 saturated carbocycles. The van der Waals surface area contributed by atoms with Crippen molar-refractivity contribution in [1.29, 1.82) is 0 Å². The van der Waals surface area contributed by atoms with Crippen molar-refractivity contribution in [2.75, 3.05) is 5.88 Å². The summed E-state index contributed by atoms with van der Waals surface area (Å²) in [5.74, 6) is -0.597. The third kappa shape index (κ3) is 5.75. The van der Waals surface area contributed by atoms with Gasteiger partial charge in [0.05, 0.1) is 42.0 Å². The van der Waals surface area contributed by atoms with E-state index in [0.29, 0.717) is 22.2 Å². The van der Waals surface area contributed by atoms with Crippen molar-refractivity contribution in [3.8, 4) is 0 Å². The second-order valence-electron chi connectivity index (χ2n) is 10.2. The van der Waals surface area contributed by atoms with Crippen molar-refractivity contribution in [3.63, 3.8) is 0 Å². The van der Waals surface area contributed by atoms with Crippen molar-refractivity contribution in [2.45, 2.75) is 49.7 Å². The number of carbonyl (C=O) groups is 3. The molecule has 1 fully saturated rings. The van der Waals surface area contributed by atoms with Gasteiger partial charge < -0.3 is 25.1 Å². The van der Waals surface area contributed by atoms with Crippen molar-refractivity contribution < 1.29 is 23.9 Å². The number of aliphatic hydroxyl groups is 1. The molecule has 5 rings (SSSR count). The molecule has 0 radical (unpaired) electrons. The highest BCUT2D eigenvalue weighted by Gasteiger charge is 2.49. The summed E-state index contributed by atoms with van der Waals surface area (Å²) in [4.78, 5) is 41.9. The Balaban J connectivity index is 1.38. The van der Waals surface area contributed by atoms with E-state index in [9.17, 15) is 19.5 Å². The predicted molar refractivity (Wildman–Crippen MR) is 151 cm³/mol. The zero-order valence-electron chi connectivity index (χ0n) is 22.2. The number of nitrogens with one attached hydrogen (secondary N) is 3. The SMILES string of the molecule is CC1(C)SCN(C(=O)[C@@H](O)[C@H](Cc2ccccc2)NC(=O)c2cccc3[nH]ncc23)[C@@H]1C(=O)NCc1ccco1. The van der Waals surface area contributed by atoms with E-state index in [1.54, 1.807) is 30.5 Å². The highest BCUT2D eigenvalue weighted by Crippen LogP contribution is 2.40. The molecule has 11 heteroatoms. The van der Waals surface area contributed by atoms with Crippen LogP contribution in [0.15, 0.2) is 77.5 Å². The number of aromatic nitrogens is 2. The summed E-state index contributed by atoms with van der Waals surface area (Å²) in [6, 6.07) is 16.2. The van der Waals surface area contributed by atoms with Gasteiger partial charge in [-0.25, -0.2) is 0 Å². The number of amides is 3. The second kappa shape index (κ2) is 11.6. The van der Waals surface area contributed by atoms with E-state index < -0.39 is 34.7 Å². The van der Waals surface area contributed by atoms with Crippen LogP contribution in [0.5, 0.6) is 0 Å². The normalized spacial score (nSPS) is 17.9. The van der Waals surface area contributed by atoms with Gasteiger partial charge in [0.25, 0.3) is 11.8 Å². The van der Waals surface area contributed by atoms with E-state index in [4.69, 9.17) is 4.42 Å². The fourth-order valence-corrected chi connectivity index (χ4v) is 6.10. The van der Waals surface area contributed by atoms with Crippen LogP contribution in [0.25, 0.3) is 10.9 Å². The Hall–Kier alpha value is -4.09. The standard InChI is InChI=1S/C29H31N5O5S/c1-29(2)25(27(37)30-15-19-10-7-13-39-19)34(17-40-29)28(38)24(35)23(14-18-8-4-3-5-9-18)32-26(36)20-11-6-12-22-21(20)16-31-33-22/h3-13,16,23-25,35H,14-15,17H2,1-2H3,(H,30,37)(H,31,33)(H,32,36)/t23-,24-,25+/m0/s1. The molecule has 0 unspecified atom stereocenters. The van der Waals surface area contributed by atoms with Crippen molar-refractivity contribution in [3.05, 3.63) is 90.0 Å². The van der Waals surface area contributed by atoms with Crippen LogP contribution in [-0.2, 0) is 22.6 Å². The molecule has 3 amide bonds. The highest BCUT2D eigenvalue weighted by molar-refractivity contribution is 8.00. The Labute approximate surface area is 235 Å². The van der Waals surface area contributed by atoms with E-state index in [2.05, 4.69) is 20.8 Å². The maximum atomic E-state index is 13.8. The minimum atomic E-state index is -1.59. The zero-order valence-corrected chi connectivity index (χ0v) is 23.0. The van der Waals surface area contributed by atoms with Crippen LogP contribution in [0.2, 0.25) is 0 Å². The summed E-state index contributed by atoms with van der Waals surface area (Å²) in [5, 5.41) is 24.6. The summed E-state index contributed by atoms with van der Waals surface area (Å²) >= 11 is 1.45. The van der Waals surface area contributed by atoms with Gasteiger partial charge in [-0.3, -0.25) is 19.5 Å². The number of hydrogen-bond donors (Lipinski definition) is 4. The first-order valence-electron chi connectivity index (χ1n) is 12.9. The molecule has 4 N–H and O–H groups in total. The van der Waals surface area contributed by atoms with Crippen molar-refractivity contribution >= 4 is 40.4 Å². The number of aromatic amines is 1. The fraction of sp³-hybridized carbons (Fsp3) is 0.310. The lowest BCUT2D eigenvalue weighted by molar-refractivity contribution is -0.147. The monoisotopic (exact) mass is 561 g/mol. The first kappa shape index (κ1) is 27.5. The maximum absolute atomic E-state index is 13.8. The molecule has 2 aromatic carbocycles. The van der Waals surface area contributed by atoms with Crippen LogP contribution in [0.4, 0.5) is 0 Å². The van der Waals surface area contributed by atoms with Gasteiger partial charge in [-0.2, -0.15) is 5.10 Å². The van der Waals surface area contributed by atoms with Crippen LogP contribution < -0.4 is 10.6 Å². The van der Waals surface area contributed by atoms with Gasteiger partial charge in [-0.15, -0.1) is 11.8 Å². The predicted octanol–water partition coefficient (Wildman–Crippen LogP) is 2.85. The van der Waals surface area contributed by atoms with E-state index in [0.717, 1.165) is 5.56 Å². The van der Waals surface area contributed by atoms with Gasteiger partial charge in [0, 0.05) is 10.1 Å². The van der Waals surface area contributed by atoms with Gasteiger partial charge in [0.2, 0.25) is 5.91 Å². The smallest absolute Gasteiger partial charge is 0.254 e. The average Bonchev–Trinajstić information content (AvgIpc) is 3.71. The summed E-state index contributed by atoms with van der Waals surface area (Å²) in [6.45, 7) is 3.96. The highest BCUT2D eigenvalue weighted by atomic mass is 32.2. The third-order valence-electron chi connectivity index (χ3n) is 7.07. The lowest BCUT2D eigenvalue weighted by Crippen LogP contribution is -2.58. The van der Waals surface area contributed by atoms with E-state index >= 15 is 0 Å². The number of aliphatic hydroxyl groups excluding tert-OH is 1. The quantitative estimate of drug-likeness (QED) is 0.246. The minimum absolute atomic E-state index is 0.180. The molecule has 208 valence electrons. The Morgan fingerprint density at radius 3 is 2.70 bits per heavy atom. The Morgan fingerprint density at radius 1 is 1.15 bits per heavy atom. The summed E-state index contributed by atoms with van der Waals surface area (Å²) in [5.41, 5.74) is 1.91. The van der Waals surface area contributed by atoms with Gasteiger partial charge in [-0.1, -0.05) is 36.4 Å². The molecule has 0 bridgehead atoms. The van der Waals surface area contributed by atoms with Crippen molar-refractivity contribution in [2.24, 2.45) is 0 Å². The van der Waals surface area contributed by atoms with Crippen LogP contribution in [0.1, 0.15) is 35.5 Å². The zero-order chi connectivity index (χ0) is 28.3. The molecular formula is C29H31N5O5S. The van der Waals surface area contributed by atoms with E-state index in [-0.39, 0.29) is 24.7 Å². The van der Waals surface area contributed by atoms with Gasteiger partial charge in [0.15, 0.2) is 6.10 Å². The Kier molecular flexibility index (Phi) is 7.95. The molecule has 1 aliphatic rings. The van der Waals surface area contributed by atoms with Crippen LogP contribution in [0.3, 0.4) is 0 Å². The summed E-state index contributed by atoms with van der Waals surface area (Å²) in [7, 11) is 0. The van der Waals surface area contributed by atoms with Gasteiger partial charge in [0.1, 0.15) is 11.8 Å². The van der Waals surface area contributed by atoms with Gasteiger partial charge in [-0.05, 0) is 50.1 Å². The Bertz CT molecular complexity index is 1490. The molecule has 4 aromatic rings. The minimum Gasteiger partial charge on any atom is -0.467 e. The molecule has 2 aromatic heterocycles. The first-order valence-corrected chi connectivity index (χ1v) is 13.9. The molecule has 40 heavy (non-hydrogen) atoms. The number of nitrogens with zero attached hydrogens (tertiary/aromatic N) is 2. The number of rotatable bonds is 9. The number of carbonyl (C=O) groups excluding carboxylic acids is 3. The summed E-state index contributed by atoms with van der Waals surface area (Å²) in [6.07, 6.45) is 1.70. The average molecular weight is 562 g/mol. The fourth-order valence-electron chi connectivity index (χ4n) is 4.96. The molecule has 1 saturated heterocycles. The second-order valence-corrected chi connectivity index (χ2v) is 11.8. The largest absolute Gasteiger partial charge is 0.467 e. The number of thioether (sulfide) groups is 1. The van der Waals surface area contributed by atoms with Crippen molar-refractivity contribution in [1.82, 2.24) is 25.7 Å². The molecular weight excluding hydrogens is 530 g/mol. The maximum Gasteiger partial charge on any atom is 0.254 e. The lowest BCUT2D eigenvalue weighted by atomic mass is 9.96. The van der Waals surface area contributed by atoms with Gasteiger partial charge >= 0.3 is 0 Å². The molecule has 10 nitrogen and oxygen atoms in total. The molecule has 0 spiro atoms. The Morgan fingerprint density at radius 2 is 1.95 bits per heavy atom. The topological polar surface area (TPSA) is 141 Å². The van der Waals surface area contributed by atoms with Crippen LogP contribution >= 0.6 is 11.8 Å². The lowest BCUT2D eigenvalue weighted by Gasteiger charge is -2.33. The summed E-state index contributed by atoms with van der Waals surface area (Å²) < 4.78 is 4.71. The number of hydrogen-bond acceptors (Lipinski definition) is 7. The number of fused-ring (bicyclic) bond motifs is 1. The van der Waals surface area contributed by atoms with E-state index in [1.165, 1.54) is 22.9 Å². The molecule has 0 aliphatic carbocycles. The van der Waals surface area contributed by atoms with E-state index in [1.807, 2.05) is 50.2 Å². The van der Waals surface area contributed by atoms with Crippen LogP contribution in [-0.4, -0.2) is 66.7 Å². The first-order chi connectivity index (χ1) is 19.2. The molecule has 3 atom stereocenters. The number of benzene rings is 2.